The summed E-state index contributed by atoms with van der Waals surface area (Å²) in [7, 11) is 0. The Morgan fingerprint density at radius 2 is 1.80 bits per heavy atom. The number of nitriles is 1. The quantitative estimate of drug-likeness (QED) is 0.716. The number of carbonyl (C=O) groups is 1. The van der Waals surface area contributed by atoms with Crippen LogP contribution in [0.25, 0.3) is 0 Å². The Hall–Kier alpha value is -1.24. The maximum absolute atomic E-state index is 11.8. The molecule has 0 aliphatic carbocycles. The monoisotopic (exact) mass is 209 g/mol. The molecule has 0 aromatic heterocycles. The zero-order valence-electron chi connectivity index (χ0n) is 9.55. The molecule has 15 heavy (non-hydrogen) atoms. The van der Waals surface area contributed by atoms with Crippen LogP contribution < -0.4 is 5.32 Å². The van der Waals surface area contributed by atoms with Gasteiger partial charge in [-0.25, -0.2) is 4.79 Å². The summed E-state index contributed by atoms with van der Waals surface area (Å²) in [6.07, 6.45) is 4.54. The van der Waals surface area contributed by atoms with Crippen LogP contribution in [-0.4, -0.2) is 29.6 Å². The van der Waals surface area contributed by atoms with Crippen LogP contribution in [-0.2, 0) is 0 Å². The van der Waals surface area contributed by atoms with Gasteiger partial charge in [-0.05, 0) is 26.7 Å². The number of nitrogens with one attached hydrogen (secondary N) is 1. The predicted octanol–water partition coefficient (Wildman–Crippen LogP) is 1.87. The highest BCUT2D eigenvalue weighted by atomic mass is 16.2. The highest BCUT2D eigenvalue weighted by Crippen LogP contribution is 2.10. The Balaban J connectivity index is 2.49. The first-order chi connectivity index (χ1) is 7.05. The topological polar surface area (TPSA) is 56.1 Å². The van der Waals surface area contributed by atoms with Crippen molar-refractivity contribution in [2.24, 2.45) is 0 Å². The fourth-order valence-electron chi connectivity index (χ4n) is 1.65. The highest BCUT2D eigenvalue weighted by Gasteiger charge is 2.23. The van der Waals surface area contributed by atoms with Crippen LogP contribution in [0.2, 0.25) is 0 Å². The van der Waals surface area contributed by atoms with Crippen molar-refractivity contribution in [2.45, 2.75) is 45.1 Å². The van der Waals surface area contributed by atoms with Gasteiger partial charge in [-0.3, -0.25) is 0 Å². The lowest BCUT2D eigenvalue weighted by molar-refractivity contribution is 0.193. The minimum atomic E-state index is -0.774. The number of hydrogen-bond acceptors (Lipinski definition) is 2. The van der Waals surface area contributed by atoms with E-state index in [1.807, 2.05) is 4.90 Å². The van der Waals surface area contributed by atoms with E-state index in [0.717, 1.165) is 25.9 Å². The predicted molar refractivity (Wildman–Crippen MR) is 58.3 cm³/mol. The molecular formula is C11H19N3O. The van der Waals surface area contributed by atoms with Crippen LogP contribution in [0.3, 0.4) is 0 Å². The fraction of sp³-hybridized carbons (Fsp3) is 0.818. The first-order valence-corrected chi connectivity index (χ1v) is 5.53. The highest BCUT2D eigenvalue weighted by molar-refractivity contribution is 5.75. The largest absolute Gasteiger partial charge is 0.325 e. The first-order valence-electron chi connectivity index (χ1n) is 5.53. The van der Waals surface area contributed by atoms with Crippen LogP contribution in [0.1, 0.15) is 39.5 Å². The van der Waals surface area contributed by atoms with E-state index in [4.69, 9.17) is 5.26 Å². The van der Waals surface area contributed by atoms with Gasteiger partial charge in [0.2, 0.25) is 0 Å². The van der Waals surface area contributed by atoms with E-state index in [-0.39, 0.29) is 6.03 Å². The van der Waals surface area contributed by atoms with Gasteiger partial charge >= 0.3 is 6.03 Å². The van der Waals surface area contributed by atoms with E-state index in [1.165, 1.54) is 12.8 Å². The number of urea groups is 1. The van der Waals surface area contributed by atoms with Gasteiger partial charge in [0.05, 0.1) is 6.07 Å². The minimum Gasteiger partial charge on any atom is -0.325 e. The van der Waals surface area contributed by atoms with Gasteiger partial charge in [0, 0.05) is 13.1 Å². The van der Waals surface area contributed by atoms with Crippen molar-refractivity contribution < 1.29 is 4.79 Å². The molecule has 0 unspecified atom stereocenters. The molecule has 0 radical (unpaired) electrons. The third kappa shape index (κ3) is 3.78. The molecule has 1 aliphatic rings. The normalized spacial score (nSPS) is 17.8. The maximum atomic E-state index is 11.8. The van der Waals surface area contributed by atoms with Crippen molar-refractivity contribution >= 4 is 6.03 Å². The maximum Gasteiger partial charge on any atom is 0.318 e. The summed E-state index contributed by atoms with van der Waals surface area (Å²) >= 11 is 0. The second kappa shape index (κ2) is 5.01. The molecule has 1 heterocycles. The Labute approximate surface area is 91.2 Å². The SMILES string of the molecule is CC(C)(C#N)NC(=O)N1CCCCCC1. The van der Waals surface area contributed by atoms with Crippen molar-refractivity contribution in [3.05, 3.63) is 0 Å². The standard InChI is InChI=1S/C11H19N3O/c1-11(2,9-12)13-10(15)14-7-5-3-4-6-8-14/h3-8H2,1-2H3,(H,13,15). The smallest absolute Gasteiger partial charge is 0.318 e. The first kappa shape index (κ1) is 11.8. The van der Waals surface area contributed by atoms with Crippen molar-refractivity contribution in [2.75, 3.05) is 13.1 Å². The Bertz CT molecular complexity index is 259. The summed E-state index contributed by atoms with van der Waals surface area (Å²) < 4.78 is 0. The van der Waals surface area contributed by atoms with Crippen molar-refractivity contribution in [3.8, 4) is 6.07 Å². The summed E-state index contributed by atoms with van der Waals surface area (Å²) in [6.45, 7) is 5.05. The van der Waals surface area contributed by atoms with E-state index in [9.17, 15) is 4.79 Å². The molecule has 2 amide bonds. The Morgan fingerprint density at radius 3 is 2.27 bits per heavy atom. The van der Waals surface area contributed by atoms with Crippen LogP contribution in [0, 0.1) is 11.3 Å². The van der Waals surface area contributed by atoms with E-state index in [1.54, 1.807) is 13.8 Å². The van der Waals surface area contributed by atoms with E-state index >= 15 is 0 Å². The lowest BCUT2D eigenvalue weighted by atomic mass is 10.1. The zero-order valence-corrected chi connectivity index (χ0v) is 9.55. The summed E-state index contributed by atoms with van der Waals surface area (Å²) in [5.41, 5.74) is -0.774. The van der Waals surface area contributed by atoms with E-state index in [2.05, 4.69) is 11.4 Å². The molecular weight excluding hydrogens is 190 g/mol. The summed E-state index contributed by atoms with van der Waals surface area (Å²) in [5.74, 6) is 0. The van der Waals surface area contributed by atoms with Crippen LogP contribution in [0.5, 0.6) is 0 Å². The number of rotatable bonds is 1. The Kier molecular flexibility index (Phi) is 3.96. The zero-order chi connectivity index (χ0) is 11.3. The van der Waals surface area contributed by atoms with Gasteiger partial charge in [-0.2, -0.15) is 5.26 Å². The number of hydrogen-bond donors (Lipinski definition) is 1. The van der Waals surface area contributed by atoms with Gasteiger partial charge in [0.15, 0.2) is 0 Å². The molecule has 1 aliphatic heterocycles. The van der Waals surface area contributed by atoms with Crippen LogP contribution in [0.4, 0.5) is 4.79 Å². The molecule has 0 aromatic carbocycles. The molecule has 0 spiro atoms. The van der Waals surface area contributed by atoms with Gasteiger partial charge in [0.25, 0.3) is 0 Å². The average molecular weight is 209 g/mol. The second-order valence-corrected chi connectivity index (χ2v) is 4.57. The van der Waals surface area contributed by atoms with Gasteiger partial charge in [-0.15, -0.1) is 0 Å². The average Bonchev–Trinajstić information content (AvgIpc) is 2.45. The molecule has 0 bridgehead atoms. The molecule has 4 heteroatoms. The minimum absolute atomic E-state index is 0.108. The number of amides is 2. The lowest BCUT2D eigenvalue weighted by Crippen LogP contribution is -2.49. The van der Waals surface area contributed by atoms with E-state index < -0.39 is 5.54 Å². The molecule has 1 fully saturated rings. The van der Waals surface area contributed by atoms with Crippen molar-refractivity contribution in [1.29, 1.82) is 5.26 Å². The third-order valence-corrected chi connectivity index (χ3v) is 2.59. The second-order valence-electron chi connectivity index (χ2n) is 4.57. The molecule has 0 atom stereocenters. The molecule has 0 aromatic rings. The van der Waals surface area contributed by atoms with Crippen molar-refractivity contribution in [3.63, 3.8) is 0 Å². The summed E-state index contributed by atoms with van der Waals surface area (Å²) in [4.78, 5) is 13.6. The molecule has 84 valence electrons. The lowest BCUT2D eigenvalue weighted by Gasteiger charge is -2.25. The van der Waals surface area contributed by atoms with Crippen molar-refractivity contribution in [1.82, 2.24) is 10.2 Å². The number of likely N-dealkylation sites (tertiary alicyclic amines) is 1. The number of carbonyl (C=O) groups excluding carboxylic acids is 1. The van der Waals surface area contributed by atoms with Gasteiger partial charge in [0.1, 0.15) is 5.54 Å². The molecule has 0 saturated carbocycles. The molecule has 4 nitrogen and oxygen atoms in total. The number of nitrogens with zero attached hydrogens (tertiary/aromatic N) is 2. The molecule has 1 saturated heterocycles. The molecule has 1 rings (SSSR count). The van der Waals surface area contributed by atoms with Gasteiger partial charge < -0.3 is 10.2 Å². The van der Waals surface area contributed by atoms with E-state index in [0.29, 0.717) is 0 Å². The summed E-state index contributed by atoms with van der Waals surface area (Å²) in [6, 6.07) is 1.96. The van der Waals surface area contributed by atoms with Gasteiger partial charge in [-0.1, -0.05) is 12.8 Å². The van der Waals surface area contributed by atoms with Crippen LogP contribution in [0.15, 0.2) is 0 Å². The summed E-state index contributed by atoms with van der Waals surface area (Å²) in [5, 5.41) is 11.5. The fourth-order valence-corrected chi connectivity index (χ4v) is 1.65. The Morgan fingerprint density at radius 1 is 1.27 bits per heavy atom. The molecule has 1 N–H and O–H groups in total. The third-order valence-electron chi connectivity index (χ3n) is 2.59. The van der Waals surface area contributed by atoms with Crippen LogP contribution >= 0.6 is 0 Å².